The van der Waals surface area contributed by atoms with Gasteiger partial charge in [0.2, 0.25) is 0 Å². The van der Waals surface area contributed by atoms with Crippen molar-refractivity contribution in [3.63, 3.8) is 0 Å². The maximum atomic E-state index is 4.19. The molecule has 0 radical (unpaired) electrons. The van der Waals surface area contributed by atoms with Crippen LogP contribution in [0.5, 0.6) is 0 Å². The molecule has 4 saturated carbocycles. The van der Waals surface area contributed by atoms with Crippen LogP contribution in [0, 0.1) is 94.7 Å². The molecular formula is C60H96. The molecule has 0 aromatic carbocycles. The Morgan fingerprint density at radius 1 is 0.333 bits per heavy atom. The number of hydrogen-bond acceptors (Lipinski definition) is 0. The molecule has 0 aliphatic heterocycles. The highest BCUT2D eigenvalue weighted by atomic mass is 14.5. The summed E-state index contributed by atoms with van der Waals surface area (Å²) >= 11 is 0. The quantitative estimate of drug-likeness (QED) is 0.248. The Morgan fingerprint density at radius 2 is 0.517 bits per heavy atom. The molecule has 0 heteroatoms. The highest BCUT2D eigenvalue weighted by Crippen LogP contribution is 2.51. The lowest BCUT2D eigenvalue weighted by molar-refractivity contribution is 0.135. The molecule has 0 bridgehead atoms. The Morgan fingerprint density at radius 3 is 0.683 bits per heavy atom. The molecule has 336 valence electrons. The summed E-state index contributed by atoms with van der Waals surface area (Å²) < 4.78 is 0. The zero-order valence-corrected chi connectivity index (χ0v) is 41.7. The normalized spacial score (nSPS) is 40.6. The third-order valence-corrected chi connectivity index (χ3v) is 18.4. The average Bonchev–Trinajstić information content (AvgIpc) is 3.18. The Hall–Kier alpha value is -2.08. The molecule has 16 atom stereocenters. The van der Waals surface area contributed by atoms with Crippen molar-refractivity contribution >= 4 is 0 Å². The second-order valence-electron chi connectivity index (χ2n) is 23.2. The fourth-order valence-electron chi connectivity index (χ4n) is 14.5. The smallest absolute Gasteiger partial charge is 0.0134 e. The highest BCUT2D eigenvalue weighted by Gasteiger charge is 2.41. The molecular weight excluding hydrogens is 721 g/mol. The van der Waals surface area contributed by atoms with Crippen molar-refractivity contribution in [2.45, 2.75) is 186 Å². The van der Waals surface area contributed by atoms with E-state index in [0.717, 1.165) is 94.7 Å². The van der Waals surface area contributed by atoms with E-state index in [9.17, 15) is 0 Å². The molecule has 0 saturated heterocycles. The van der Waals surface area contributed by atoms with Crippen molar-refractivity contribution in [1.29, 1.82) is 0 Å². The third kappa shape index (κ3) is 12.1. The van der Waals surface area contributed by atoms with Crippen molar-refractivity contribution < 1.29 is 0 Å². The van der Waals surface area contributed by atoms with E-state index >= 15 is 0 Å². The van der Waals surface area contributed by atoms with Gasteiger partial charge in [-0.1, -0.05) is 123 Å². The molecule has 0 aromatic rings. The largest absolute Gasteiger partial charge is 0.0998 e. The van der Waals surface area contributed by atoms with Crippen LogP contribution in [-0.4, -0.2) is 0 Å². The zero-order chi connectivity index (χ0) is 44.0. The average molecular weight is 817 g/mol. The summed E-state index contributed by atoms with van der Waals surface area (Å²) in [6, 6.07) is 0. The van der Waals surface area contributed by atoms with Gasteiger partial charge in [0.05, 0.1) is 0 Å². The van der Waals surface area contributed by atoms with Crippen molar-refractivity contribution in [2.75, 3.05) is 0 Å². The fourth-order valence-corrected chi connectivity index (χ4v) is 14.5. The van der Waals surface area contributed by atoms with Gasteiger partial charge in [-0.05, 0) is 253 Å². The molecule has 60 heavy (non-hydrogen) atoms. The second-order valence-corrected chi connectivity index (χ2v) is 23.2. The van der Waals surface area contributed by atoms with Gasteiger partial charge in [0.25, 0.3) is 0 Å². The highest BCUT2D eigenvalue weighted by molar-refractivity contribution is 5.19. The SMILES string of the molecule is C=C(C)[C@H]1CCC(C)[C@@H]2CCC(C)=C[C@@H]12.C=C(C)[C@H]1CCC(C)[C@@H]2CCC(C)=C[C@H]12.C=C(C)[C@H]1CCC(C)[C@H]2CCC(C)=C[C@@H]12.C=C(C)[C@H]1CCC(C)[C@H]2CCC(C)=C[C@H]12. The van der Waals surface area contributed by atoms with Crippen molar-refractivity contribution in [3.8, 4) is 0 Å². The number of hydrogen-bond donors (Lipinski definition) is 0. The maximum absolute atomic E-state index is 4.19. The first-order valence-corrected chi connectivity index (χ1v) is 25.7. The van der Waals surface area contributed by atoms with Crippen molar-refractivity contribution in [2.24, 2.45) is 94.7 Å². The minimum absolute atomic E-state index is 0.765. The molecule has 0 N–H and O–H groups in total. The third-order valence-electron chi connectivity index (χ3n) is 18.4. The van der Waals surface area contributed by atoms with Crippen LogP contribution in [0.2, 0.25) is 0 Å². The van der Waals surface area contributed by atoms with E-state index in [0.29, 0.717) is 0 Å². The maximum Gasteiger partial charge on any atom is -0.0134 e. The van der Waals surface area contributed by atoms with Gasteiger partial charge in [-0.2, -0.15) is 0 Å². The lowest BCUT2D eigenvalue weighted by atomic mass is 9.61. The van der Waals surface area contributed by atoms with Gasteiger partial charge in [-0.25, -0.2) is 0 Å². The molecule has 8 aliphatic carbocycles. The van der Waals surface area contributed by atoms with Crippen molar-refractivity contribution in [3.05, 3.63) is 95.2 Å². The molecule has 8 rings (SSSR count). The summed E-state index contributed by atoms with van der Waals surface area (Å²) in [5.41, 5.74) is 12.1. The van der Waals surface area contributed by atoms with Gasteiger partial charge in [-0.15, -0.1) is 0 Å². The first-order chi connectivity index (χ1) is 28.4. The fraction of sp³-hybridized carbons (Fsp3) is 0.733. The molecule has 0 amide bonds. The minimum Gasteiger partial charge on any atom is -0.0998 e. The number of allylic oxidation sites excluding steroid dienone is 12. The van der Waals surface area contributed by atoms with E-state index in [1.807, 2.05) is 0 Å². The topological polar surface area (TPSA) is 0 Å². The van der Waals surface area contributed by atoms with Gasteiger partial charge in [-0.3, -0.25) is 0 Å². The standard InChI is InChI=1S/4C15H24/c4*1-10(2)13-8-6-12(4)14-7-5-11(3)9-15(13)14/h4*9,12-15H,1,5-8H2,2-4H3/t12?,13-,14+,15+;12?,13-,14+,15-;12?,13-,14-,15+;12?,13-,14-,15-/m1111/s1. The predicted molar refractivity (Wildman–Crippen MR) is 267 cm³/mol. The van der Waals surface area contributed by atoms with Crippen LogP contribution in [-0.2, 0) is 0 Å². The minimum atomic E-state index is 0.765. The molecule has 0 spiro atoms. The van der Waals surface area contributed by atoms with Gasteiger partial charge >= 0.3 is 0 Å². The summed E-state index contributed by atoms with van der Waals surface area (Å²) in [4.78, 5) is 0. The van der Waals surface area contributed by atoms with Crippen LogP contribution in [0.25, 0.3) is 0 Å². The molecule has 4 unspecified atom stereocenters. The van der Waals surface area contributed by atoms with Crippen LogP contribution in [0.15, 0.2) is 95.2 Å². The van der Waals surface area contributed by atoms with Gasteiger partial charge in [0.1, 0.15) is 0 Å². The van der Waals surface area contributed by atoms with Gasteiger partial charge in [0.15, 0.2) is 0 Å². The summed E-state index contributed by atoms with van der Waals surface area (Å²) in [7, 11) is 0. The molecule has 8 aliphatic rings. The molecule has 0 nitrogen and oxygen atoms in total. The van der Waals surface area contributed by atoms with Crippen molar-refractivity contribution in [1.82, 2.24) is 0 Å². The first kappa shape index (κ1) is 48.9. The first-order valence-electron chi connectivity index (χ1n) is 25.7. The Labute approximate surface area is 374 Å². The van der Waals surface area contributed by atoms with E-state index < -0.39 is 0 Å². The van der Waals surface area contributed by atoms with Crippen LogP contribution >= 0.6 is 0 Å². The summed E-state index contributed by atoms with van der Waals surface area (Å²) in [5.74, 6) is 13.7. The Bertz CT molecular complexity index is 1380. The zero-order valence-electron chi connectivity index (χ0n) is 41.7. The van der Waals surface area contributed by atoms with E-state index in [1.165, 1.54) is 125 Å². The molecule has 4 fully saturated rings. The van der Waals surface area contributed by atoms with Gasteiger partial charge < -0.3 is 0 Å². The molecule has 0 heterocycles. The van der Waals surface area contributed by atoms with Crippen LogP contribution < -0.4 is 0 Å². The predicted octanol–water partition coefficient (Wildman–Crippen LogP) is 18.3. The molecule has 0 aromatic heterocycles. The van der Waals surface area contributed by atoms with Crippen LogP contribution in [0.4, 0.5) is 0 Å². The van der Waals surface area contributed by atoms with Gasteiger partial charge in [0, 0.05) is 0 Å². The van der Waals surface area contributed by atoms with Crippen LogP contribution in [0.3, 0.4) is 0 Å². The summed E-state index contributed by atoms with van der Waals surface area (Å²) in [5, 5.41) is 0. The Kier molecular flexibility index (Phi) is 18.0. The van der Waals surface area contributed by atoms with E-state index in [4.69, 9.17) is 0 Å². The summed E-state index contributed by atoms with van der Waals surface area (Å²) in [6.07, 6.45) is 32.3. The van der Waals surface area contributed by atoms with E-state index in [-0.39, 0.29) is 0 Å². The lowest BCUT2D eigenvalue weighted by Crippen LogP contribution is -2.34. The lowest BCUT2D eigenvalue weighted by Gasteiger charge is -2.44. The number of rotatable bonds is 4. The monoisotopic (exact) mass is 817 g/mol. The van der Waals surface area contributed by atoms with Crippen LogP contribution in [0.1, 0.15) is 186 Å². The number of fused-ring (bicyclic) bond motifs is 4. The second kappa shape index (κ2) is 22.0. The summed E-state index contributed by atoms with van der Waals surface area (Å²) in [6.45, 7) is 44.6. The van der Waals surface area contributed by atoms with E-state index in [1.54, 1.807) is 22.3 Å². The Balaban J connectivity index is 0.000000152. The van der Waals surface area contributed by atoms with E-state index in [2.05, 4.69) is 134 Å².